The topological polar surface area (TPSA) is 68.5 Å². The van der Waals surface area contributed by atoms with Crippen LogP contribution in [0, 0.1) is 5.82 Å². The van der Waals surface area contributed by atoms with Crippen LogP contribution in [0.5, 0.6) is 5.75 Å². The summed E-state index contributed by atoms with van der Waals surface area (Å²) in [5.41, 5.74) is 3.01. The van der Waals surface area contributed by atoms with Crippen LogP contribution in [0.2, 0.25) is 0 Å². The Morgan fingerprint density at radius 1 is 1.10 bits per heavy atom. The molecule has 0 amide bonds. The van der Waals surface area contributed by atoms with Crippen molar-refractivity contribution in [2.24, 2.45) is 5.10 Å². The van der Waals surface area contributed by atoms with Crippen LogP contribution in [0.3, 0.4) is 0 Å². The first kappa shape index (κ1) is 18.9. The van der Waals surface area contributed by atoms with Crippen molar-refractivity contribution in [1.29, 1.82) is 0 Å². The van der Waals surface area contributed by atoms with Crippen molar-refractivity contribution in [1.82, 2.24) is 9.66 Å². The van der Waals surface area contributed by atoms with E-state index in [0.717, 1.165) is 35.6 Å². The number of methoxy groups -OCH3 is 1. The van der Waals surface area contributed by atoms with Crippen LogP contribution >= 0.6 is 0 Å². The second-order valence-corrected chi connectivity index (χ2v) is 6.80. The molecule has 1 aromatic heterocycles. The molecule has 0 fully saturated rings. The van der Waals surface area contributed by atoms with Gasteiger partial charge in [0.1, 0.15) is 17.4 Å². The van der Waals surface area contributed by atoms with E-state index in [0.29, 0.717) is 24.5 Å². The van der Waals surface area contributed by atoms with Gasteiger partial charge in [-0.05, 0) is 66.9 Å². The van der Waals surface area contributed by atoms with E-state index < -0.39 is 0 Å². The van der Waals surface area contributed by atoms with Crippen molar-refractivity contribution in [3.63, 3.8) is 0 Å². The Morgan fingerprint density at radius 3 is 2.59 bits per heavy atom. The summed E-state index contributed by atoms with van der Waals surface area (Å²) < 4.78 is 19.6. The minimum atomic E-state index is -0.289. The Balaban J connectivity index is 1.58. The average molecular weight is 392 g/mol. The normalized spacial score (nSPS) is 13.2. The molecule has 2 aromatic carbocycles. The zero-order chi connectivity index (χ0) is 20.2. The van der Waals surface area contributed by atoms with Crippen LogP contribution in [-0.2, 0) is 13.0 Å². The smallest absolute Gasteiger partial charge is 0.274 e. The summed E-state index contributed by atoms with van der Waals surface area (Å²) in [6.45, 7) is 0.379. The first-order valence-corrected chi connectivity index (χ1v) is 9.46. The standard InChI is InChI=1S/C22H21FN4O2/c1-29-19-11-5-15(6-12-19)20-3-2-4-21-25-18(13-22(28)27(21)26-20)14-24-17-9-7-16(23)8-10-17/h5-13,24H,2-4,14H2,1H3. The number of hydrogen-bond acceptors (Lipinski definition) is 5. The summed E-state index contributed by atoms with van der Waals surface area (Å²) in [5, 5.41) is 7.75. The highest BCUT2D eigenvalue weighted by molar-refractivity contribution is 6.00. The molecule has 0 saturated carbocycles. The van der Waals surface area contributed by atoms with Gasteiger partial charge in [-0.1, -0.05) is 0 Å². The molecule has 0 atom stereocenters. The SMILES string of the molecule is COc1ccc(C2=Nn3c(nc(CNc4ccc(F)cc4)cc3=O)CCC2)cc1. The third kappa shape index (κ3) is 4.34. The number of hydrogen-bond donors (Lipinski definition) is 1. The maximum Gasteiger partial charge on any atom is 0.274 e. The van der Waals surface area contributed by atoms with Crippen LogP contribution in [0.15, 0.2) is 64.5 Å². The highest BCUT2D eigenvalue weighted by Crippen LogP contribution is 2.17. The van der Waals surface area contributed by atoms with Gasteiger partial charge in [0.05, 0.1) is 25.1 Å². The lowest BCUT2D eigenvalue weighted by Crippen LogP contribution is -2.23. The second-order valence-electron chi connectivity index (χ2n) is 6.80. The predicted octanol–water partition coefficient (Wildman–Crippen LogP) is 3.59. The van der Waals surface area contributed by atoms with Crippen LogP contribution in [0.4, 0.5) is 10.1 Å². The van der Waals surface area contributed by atoms with Gasteiger partial charge in [-0.2, -0.15) is 9.78 Å². The van der Waals surface area contributed by atoms with Gasteiger partial charge >= 0.3 is 0 Å². The number of rotatable bonds is 5. The monoisotopic (exact) mass is 392 g/mol. The number of fused-ring (bicyclic) bond motifs is 1. The predicted molar refractivity (Wildman–Crippen MR) is 110 cm³/mol. The van der Waals surface area contributed by atoms with Crippen molar-refractivity contribution in [3.8, 4) is 5.75 Å². The molecule has 2 heterocycles. The minimum absolute atomic E-state index is 0.209. The lowest BCUT2D eigenvalue weighted by atomic mass is 10.0. The van der Waals surface area contributed by atoms with E-state index in [1.807, 2.05) is 24.3 Å². The molecule has 0 radical (unpaired) electrons. The average Bonchev–Trinajstić information content (AvgIpc) is 2.96. The highest BCUT2D eigenvalue weighted by atomic mass is 19.1. The fourth-order valence-electron chi connectivity index (χ4n) is 3.27. The van der Waals surface area contributed by atoms with E-state index in [2.05, 4.69) is 15.4 Å². The Morgan fingerprint density at radius 2 is 1.86 bits per heavy atom. The van der Waals surface area contributed by atoms with Gasteiger partial charge in [-0.15, -0.1) is 0 Å². The molecule has 7 heteroatoms. The molecule has 0 unspecified atom stereocenters. The molecule has 148 valence electrons. The molecule has 1 N–H and O–H groups in total. The number of nitrogens with one attached hydrogen (secondary N) is 1. The molecule has 1 aliphatic heterocycles. The van der Waals surface area contributed by atoms with E-state index in [9.17, 15) is 9.18 Å². The number of aryl methyl sites for hydroxylation is 1. The number of aromatic nitrogens is 2. The van der Waals surface area contributed by atoms with Crippen LogP contribution in [0.25, 0.3) is 0 Å². The first-order chi connectivity index (χ1) is 14.1. The zero-order valence-corrected chi connectivity index (χ0v) is 16.1. The first-order valence-electron chi connectivity index (χ1n) is 9.46. The third-order valence-corrected chi connectivity index (χ3v) is 4.79. The maximum absolute atomic E-state index is 13.0. The van der Waals surface area contributed by atoms with E-state index >= 15 is 0 Å². The fraction of sp³-hybridized carbons (Fsp3) is 0.227. The third-order valence-electron chi connectivity index (χ3n) is 4.79. The Labute approximate surface area is 167 Å². The molecular formula is C22H21FN4O2. The lowest BCUT2D eigenvalue weighted by molar-refractivity contribution is 0.415. The quantitative estimate of drug-likeness (QED) is 0.721. The molecule has 4 rings (SSSR count). The summed E-state index contributed by atoms with van der Waals surface area (Å²) in [4.78, 5) is 17.3. The molecule has 29 heavy (non-hydrogen) atoms. The summed E-state index contributed by atoms with van der Waals surface area (Å²) >= 11 is 0. The molecule has 6 nitrogen and oxygen atoms in total. The summed E-state index contributed by atoms with van der Waals surface area (Å²) in [6.07, 6.45) is 2.28. The van der Waals surface area contributed by atoms with Crippen molar-refractivity contribution in [3.05, 3.63) is 87.9 Å². The molecule has 0 bridgehead atoms. The van der Waals surface area contributed by atoms with E-state index in [1.54, 1.807) is 19.2 Å². The largest absolute Gasteiger partial charge is 0.497 e. The molecule has 1 aliphatic rings. The number of nitrogens with zero attached hydrogens (tertiary/aromatic N) is 3. The van der Waals surface area contributed by atoms with Crippen molar-refractivity contribution >= 4 is 11.4 Å². The van der Waals surface area contributed by atoms with Crippen LogP contribution in [0.1, 0.15) is 29.9 Å². The summed E-state index contributed by atoms with van der Waals surface area (Å²) in [7, 11) is 1.63. The Bertz CT molecular complexity index is 1090. The van der Waals surface area contributed by atoms with Crippen molar-refractivity contribution < 1.29 is 9.13 Å². The fourth-order valence-corrected chi connectivity index (χ4v) is 3.27. The number of benzene rings is 2. The van der Waals surface area contributed by atoms with E-state index in [-0.39, 0.29) is 11.4 Å². The van der Waals surface area contributed by atoms with Gasteiger partial charge in [-0.3, -0.25) is 4.79 Å². The van der Waals surface area contributed by atoms with E-state index in [1.165, 1.54) is 22.9 Å². The zero-order valence-electron chi connectivity index (χ0n) is 16.1. The summed E-state index contributed by atoms with van der Waals surface area (Å²) in [6, 6.07) is 15.2. The molecular weight excluding hydrogens is 371 g/mol. The lowest BCUT2D eigenvalue weighted by Gasteiger charge is -2.10. The van der Waals surface area contributed by atoms with Gasteiger partial charge < -0.3 is 10.1 Å². The highest BCUT2D eigenvalue weighted by Gasteiger charge is 2.15. The number of halogens is 1. The Hall–Kier alpha value is -3.48. The van der Waals surface area contributed by atoms with Gasteiger partial charge in [0.25, 0.3) is 5.56 Å². The van der Waals surface area contributed by atoms with Gasteiger partial charge in [0.15, 0.2) is 0 Å². The Kier molecular flexibility index (Phi) is 5.37. The van der Waals surface area contributed by atoms with Gasteiger partial charge in [-0.25, -0.2) is 9.37 Å². The van der Waals surface area contributed by atoms with Crippen LogP contribution < -0.4 is 15.6 Å². The minimum Gasteiger partial charge on any atom is -0.497 e. The van der Waals surface area contributed by atoms with Crippen molar-refractivity contribution in [2.45, 2.75) is 25.8 Å². The molecule has 0 saturated heterocycles. The van der Waals surface area contributed by atoms with Crippen molar-refractivity contribution in [2.75, 3.05) is 12.4 Å². The maximum atomic E-state index is 13.0. The number of anilines is 1. The molecule has 0 spiro atoms. The van der Waals surface area contributed by atoms with E-state index in [4.69, 9.17) is 4.74 Å². The van der Waals surface area contributed by atoms with Gasteiger partial charge in [0, 0.05) is 18.2 Å². The number of ether oxygens (including phenoxy) is 1. The van der Waals surface area contributed by atoms with Gasteiger partial charge in [0.2, 0.25) is 0 Å². The second kappa shape index (κ2) is 8.26. The van der Waals surface area contributed by atoms with Crippen LogP contribution in [-0.4, -0.2) is 22.5 Å². The molecule has 3 aromatic rings. The summed E-state index contributed by atoms with van der Waals surface area (Å²) in [5.74, 6) is 1.14. The molecule has 0 aliphatic carbocycles.